The molecule has 0 bridgehead atoms. The van der Waals surface area contributed by atoms with Crippen LogP contribution in [0.15, 0.2) is 24.3 Å². The van der Waals surface area contributed by atoms with Gasteiger partial charge in [0.1, 0.15) is 5.75 Å². The first kappa shape index (κ1) is 15.0. The molecule has 19 heavy (non-hydrogen) atoms. The van der Waals surface area contributed by atoms with Crippen LogP contribution < -0.4 is 15.4 Å². The Morgan fingerprint density at radius 1 is 1.16 bits per heavy atom. The van der Waals surface area contributed by atoms with Crippen LogP contribution in [0.2, 0.25) is 0 Å². The third kappa shape index (κ3) is 5.90. The molecule has 2 N–H and O–H groups in total. The lowest BCUT2D eigenvalue weighted by Crippen LogP contribution is -2.37. The van der Waals surface area contributed by atoms with E-state index in [-0.39, 0.29) is 24.8 Å². The monoisotopic (exact) mass is 264 g/mol. The van der Waals surface area contributed by atoms with Crippen molar-refractivity contribution in [2.45, 2.75) is 20.3 Å². The molecule has 0 aliphatic carbocycles. The second-order valence-corrected chi connectivity index (χ2v) is 4.09. The van der Waals surface area contributed by atoms with Gasteiger partial charge < -0.3 is 15.4 Å². The molecule has 2 amide bonds. The lowest BCUT2D eigenvalue weighted by atomic mass is 10.2. The largest absolute Gasteiger partial charge is 0.493 e. The van der Waals surface area contributed by atoms with Crippen molar-refractivity contribution in [1.29, 1.82) is 0 Å². The van der Waals surface area contributed by atoms with Crippen LogP contribution in [0, 0.1) is 6.92 Å². The third-order valence-corrected chi connectivity index (χ3v) is 2.50. The molecule has 0 fully saturated rings. The minimum Gasteiger partial charge on any atom is -0.493 e. The molecule has 104 valence electrons. The summed E-state index contributed by atoms with van der Waals surface area (Å²) in [4.78, 5) is 22.6. The molecular weight excluding hydrogens is 244 g/mol. The molecule has 1 aromatic carbocycles. The Morgan fingerprint density at radius 3 is 2.58 bits per heavy atom. The van der Waals surface area contributed by atoms with Gasteiger partial charge in [0.2, 0.25) is 11.8 Å². The molecule has 0 saturated heterocycles. The van der Waals surface area contributed by atoms with E-state index in [4.69, 9.17) is 4.74 Å². The van der Waals surface area contributed by atoms with E-state index in [0.717, 1.165) is 11.3 Å². The summed E-state index contributed by atoms with van der Waals surface area (Å²) in [6.07, 6.45) is 0.230. The Kier molecular flexibility index (Phi) is 6.43. The molecule has 0 aliphatic rings. The standard InChI is InChI=1S/C14H20N2O3/c1-3-15-14(18)10-16-13(17)8-9-19-12-7-5-4-6-11(12)2/h4-7H,3,8-10H2,1-2H3,(H,15,18)(H,16,17). The van der Waals surface area contributed by atoms with E-state index in [1.54, 1.807) is 0 Å². The molecule has 0 aliphatic heterocycles. The van der Waals surface area contributed by atoms with E-state index >= 15 is 0 Å². The first-order chi connectivity index (χ1) is 9.13. The number of hydrogen-bond acceptors (Lipinski definition) is 3. The Bertz CT molecular complexity index is 432. The van der Waals surface area contributed by atoms with Gasteiger partial charge in [-0.05, 0) is 25.5 Å². The van der Waals surface area contributed by atoms with Crippen LogP contribution in [0.25, 0.3) is 0 Å². The van der Waals surface area contributed by atoms with E-state index in [1.165, 1.54) is 0 Å². The maximum Gasteiger partial charge on any atom is 0.239 e. The van der Waals surface area contributed by atoms with Crippen molar-refractivity contribution < 1.29 is 14.3 Å². The van der Waals surface area contributed by atoms with Gasteiger partial charge >= 0.3 is 0 Å². The van der Waals surface area contributed by atoms with Crippen LogP contribution in [-0.2, 0) is 9.59 Å². The summed E-state index contributed by atoms with van der Waals surface area (Å²) < 4.78 is 5.50. The zero-order chi connectivity index (χ0) is 14.1. The van der Waals surface area contributed by atoms with E-state index in [2.05, 4.69) is 10.6 Å². The van der Waals surface area contributed by atoms with Crippen LogP contribution >= 0.6 is 0 Å². The average Bonchev–Trinajstić information content (AvgIpc) is 2.39. The van der Waals surface area contributed by atoms with E-state index < -0.39 is 0 Å². The summed E-state index contributed by atoms with van der Waals surface area (Å²) in [5.41, 5.74) is 1.03. The molecule has 5 nitrogen and oxygen atoms in total. The zero-order valence-electron chi connectivity index (χ0n) is 11.4. The predicted octanol–water partition coefficient (Wildman–Crippen LogP) is 1.02. The second kappa shape index (κ2) is 8.13. The molecule has 0 saturated carbocycles. The minimum atomic E-state index is -0.195. The molecule has 0 unspecified atom stereocenters. The Balaban J connectivity index is 2.21. The summed E-state index contributed by atoms with van der Waals surface area (Å²) in [5, 5.41) is 5.14. The van der Waals surface area contributed by atoms with Crippen LogP contribution in [0.3, 0.4) is 0 Å². The normalized spacial score (nSPS) is 9.79. The number of para-hydroxylation sites is 1. The molecule has 0 heterocycles. The number of hydrogen-bond donors (Lipinski definition) is 2. The molecule has 1 rings (SSSR count). The molecule has 0 atom stereocenters. The van der Waals surface area contributed by atoms with Gasteiger partial charge in [0.15, 0.2) is 0 Å². The van der Waals surface area contributed by atoms with E-state index in [1.807, 2.05) is 38.1 Å². The first-order valence-corrected chi connectivity index (χ1v) is 6.35. The van der Waals surface area contributed by atoms with E-state index in [0.29, 0.717) is 13.2 Å². The van der Waals surface area contributed by atoms with Crippen LogP contribution in [0.4, 0.5) is 0 Å². The minimum absolute atomic E-state index is 0.0110. The molecule has 0 spiro atoms. The molecule has 0 aromatic heterocycles. The van der Waals surface area contributed by atoms with Gasteiger partial charge in [-0.2, -0.15) is 0 Å². The number of nitrogens with one attached hydrogen (secondary N) is 2. The van der Waals surface area contributed by atoms with Crippen molar-refractivity contribution >= 4 is 11.8 Å². The topological polar surface area (TPSA) is 67.4 Å². The lowest BCUT2D eigenvalue weighted by Gasteiger charge is -2.09. The van der Waals surface area contributed by atoms with E-state index in [9.17, 15) is 9.59 Å². The highest BCUT2D eigenvalue weighted by Gasteiger charge is 2.05. The Hall–Kier alpha value is -2.04. The second-order valence-electron chi connectivity index (χ2n) is 4.09. The van der Waals surface area contributed by atoms with Gasteiger partial charge in [-0.25, -0.2) is 0 Å². The first-order valence-electron chi connectivity index (χ1n) is 6.35. The van der Waals surface area contributed by atoms with Crippen molar-refractivity contribution in [1.82, 2.24) is 10.6 Å². The summed E-state index contributed by atoms with van der Waals surface area (Å²) in [5.74, 6) is 0.398. The van der Waals surface area contributed by atoms with Crippen LogP contribution in [0.5, 0.6) is 5.75 Å². The third-order valence-electron chi connectivity index (χ3n) is 2.50. The van der Waals surface area contributed by atoms with Gasteiger partial charge in [-0.1, -0.05) is 18.2 Å². The number of carbonyl (C=O) groups is 2. The maximum atomic E-state index is 11.5. The van der Waals surface area contributed by atoms with Gasteiger partial charge in [0.25, 0.3) is 0 Å². The van der Waals surface area contributed by atoms with Crippen LogP contribution in [-0.4, -0.2) is 31.5 Å². The Labute approximate surface area is 113 Å². The number of amides is 2. The smallest absolute Gasteiger partial charge is 0.239 e. The maximum absolute atomic E-state index is 11.5. The van der Waals surface area contributed by atoms with Gasteiger partial charge in [0.05, 0.1) is 19.6 Å². The summed E-state index contributed by atoms with van der Waals surface area (Å²) in [6, 6.07) is 7.63. The Morgan fingerprint density at radius 2 is 1.89 bits per heavy atom. The van der Waals surface area contributed by atoms with Crippen molar-refractivity contribution in [3.05, 3.63) is 29.8 Å². The van der Waals surface area contributed by atoms with Gasteiger partial charge in [0, 0.05) is 6.54 Å². The highest BCUT2D eigenvalue weighted by atomic mass is 16.5. The predicted molar refractivity (Wildman–Crippen MR) is 73.0 cm³/mol. The SMILES string of the molecule is CCNC(=O)CNC(=O)CCOc1ccccc1C. The number of ether oxygens (including phenoxy) is 1. The summed E-state index contributed by atoms with van der Waals surface area (Å²) >= 11 is 0. The molecule has 0 radical (unpaired) electrons. The van der Waals surface area contributed by atoms with Gasteiger partial charge in [-0.3, -0.25) is 9.59 Å². The molecule has 5 heteroatoms. The number of carbonyl (C=O) groups excluding carboxylic acids is 2. The zero-order valence-corrected chi connectivity index (χ0v) is 11.4. The van der Waals surface area contributed by atoms with Crippen molar-refractivity contribution in [2.24, 2.45) is 0 Å². The van der Waals surface area contributed by atoms with Crippen molar-refractivity contribution in [2.75, 3.05) is 19.7 Å². The highest BCUT2D eigenvalue weighted by Crippen LogP contribution is 2.15. The van der Waals surface area contributed by atoms with Crippen molar-refractivity contribution in [3.63, 3.8) is 0 Å². The molecule has 1 aromatic rings. The fourth-order valence-corrected chi connectivity index (χ4v) is 1.50. The highest BCUT2D eigenvalue weighted by molar-refractivity contribution is 5.84. The number of likely N-dealkylation sites (N-methyl/N-ethyl adjacent to an activating group) is 1. The average molecular weight is 264 g/mol. The summed E-state index contributed by atoms with van der Waals surface area (Å²) in [7, 11) is 0. The van der Waals surface area contributed by atoms with Crippen molar-refractivity contribution in [3.8, 4) is 5.75 Å². The fraction of sp³-hybridized carbons (Fsp3) is 0.429. The molecular formula is C14H20N2O3. The lowest BCUT2D eigenvalue weighted by molar-refractivity contribution is -0.126. The summed E-state index contributed by atoms with van der Waals surface area (Å²) in [6.45, 7) is 4.65. The number of benzene rings is 1. The van der Waals surface area contributed by atoms with Gasteiger partial charge in [-0.15, -0.1) is 0 Å². The number of rotatable bonds is 7. The fourth-order valence-electron chi connectivity index (χ4n) is 1.50. The van der Waals surface area contributed by atoms with Crippen LogP contribution in [0.1, 0.15) is 18.9 Å². The number of aryl methyl sites for hydroxylation is 1. The quantitative estimate of drug-likeness (QED) is 0.772.